The maximum atomic E-state index is 9.72. The van der Waals surface area contributed by atoms with Gasteiger partial charge in [-0.15, -0.1) is 11.3 Å². The van der Waals surface area contributed by atoms with Crippen LogP contribution in [0, 0.1) is 0 Å². The predicted octanol–water partition coefficient (Wildman–Crippen LogP) is 13.9. The quantitative estimate of drug-likeness (QED) is 0.175. The lowest BCUT2D eigenvalue weighted by molar-refractivity contribution is 0.669. The monoisotopic (exact) mass is 766 g/mol. The Bertz CT molecular complexity index is 4670. The number of fused-ring (bicyclic) bond motifs is 10. The van der Waals surface area contributed by atoms with Gasteiger partial charge < -0.3 is 4.42 Å². The van der Waals surface area contributed by atoms with Gasteiger partial charge in [-0.25, -0.2) is 4.98 Å². The van der Waals surface area contributed by atoms with Gasteiger partial charge in [0.05, 0.1) is 43.1 Å². The molecule has 0 fully saturated rings. The number of aromatic nitrogens is 4. The number of hydrogen-bond donors (Lipinski definition) is 0. The summed E-state index contributed by atoms with van der Waals surface area (Å²) in [6.45, 7) is 0. The molecule has 5 nitrogen and oxygen atoms in total. The normalized spacial score (nSPS) is 16.8. The molecule has 0 bridgehead atoms. The molecule has 0 saturated carbocycles. The number of rotatable bonds is 5. The molecule has 0 atom stereocenters. The number of nitrogens with zero attached hydrogens (tertiary/aromatic N) is 4. The van der Waals surface area contributed by atoms with Crippen LogP contribution in [0.4, 0.5) is 0 Å². The smallest absolute Gasteiger partial charge is 0.238 e. The molecule has 0 unspecified atom stereocenters. The standard InChI is InChI=1S/C51H30N4OS/c1-4-13-31(14-5-1)34-24-28-45-41(29-34)39-27-26-38-37-19-10-11-21-42(37)55(47(38)48(39)57-45)51-53-49(33-17-8-3-9-18-33)52-50(54-51)35-23-25-40-44(30-35)56-43-22-12-20-36(46(40)43)32-15-6-2-7-16-32/h1-30H/i2D,6D,7D,10D,11D,12D,15D,16D,19D,20D,21D,22D,23D,24D,25D,26D,27D,28D,29D,30D. The zero-order valence-corrected chi connectivity index (χ0v) is 29.7. The number of hydrogen-bond acceptors (Lipinski definition) is 5. The highest BCUT2D eigenvalue weighted by Gasteiger charge is 2.22. The molecule has 0 aliphatic carbocycles. The summed E-state index contributed by atoms with van der Waals surface area (Å²) in [5.74, 6) is -1.02. The van der Waals surface area contributed by atoms with E-state index in [1.165, 1.54) is 4.57 Å². The van der Waals surface area contributed by atoms with Crippen LogP contribution < -0.4 is 0 Å². The number of benzene rings is 8. The predicted molar refractivity (Wildman–Crippen MR) is 236 cm³/mol. The van der Waals surface area contributed by atoms with Crippen molar-refractivity contribution >= 4 is 75.3 Å². The zero-order chi connectivity index (χ0) is 54.9. The van der Waals surface area contributed by atoms with Crippen LogP contribution in [0.25, 0.3) is 115 Å². The van der Waals surface area contributed by atoms with Crippen molar-refractivity contribution in [3.8, 4) is 51.0 Å². The van der Waals surface area contributed by atoms with E-state index in [1.54, 1.807) is 60.7 Å². The summed E-state index contributed by atoms with van der Waals surface area (Å²) in [5, 5.41) is -0.976. The molecular formula is C51H30N4OS. The summed E-state index contributed by atoms with van der Waals surface area (Å²) in [4.78, 5) is 14.4. The number of furan rings is 1. The summed E-state index contributed by atoms with van der Waals surface area (Å²) >= 11 is 0.903. The first-order valence-electron chi connectivity index (χ1n) is 27.4. The van der Waals surface area contributed by atoms with Crippen LogP contribution in [0.15, 0.2) is 186 Å². The van der Waals surface area contributed by atoms with Crippen molar-refractivity contribution in [2.45, 2.75) is 0 Å². The second-order valence-electron chi connectivity index (χ2n) is 12.8. The van der Waals surface area contributed by atoms with E-state index >= 15 is 0 Å². The van der Waals surface area contributed by atoms with E-state index in [4.69, 9.17) is 34.4 Å². The van der Waals surface area contributed by atoms with E-state index in [0.717, 1.165) is 11.3 Å². The second-order valence-corrected chi connectivity index (χ2v) is 13.8. The molecule has 12 aromatic rings. The number of thiophene rings is 1. The van der Waals surface area contributed by atoms with Gasteiger partial charge in [-0.3, -0.25) is 4.57 Å². The average molecular weight is 767 g/mol. The molecule has 0 radical (unpaired) electrons. The third-order valence-electron chi connectivity index (χ3n) is 9.55. The second kappa shape index (κ2) is 12.6. The van der Waals surface area contributed by atoms with Crippen molar-refractivity contribution < 1.29 is 31.8 Å². The van der Waals surface area contributed by atoms with E-state index in [1.807, 2.05) is 0 Å². The summed E-state index contributed by atoms with van der Waals surface area (Å²) in [6.07, 6.45) is 0. The summed E-state index contributed by atoms with van der Waals surface area (Å²) < 4.78 is 189. The van der Waals surface area contributed by atoms with Gasteiger partial charge in [-0.1, -0.05) is 145 Å². The molecule has 0 amide bonds. The Labute approximate surface area is 358 Å². The fraction of sp³-hybridized carbons (Fsp3) is 0. The Morgan fingerprint density at radius 1 is 0.491 bits per heavy atom. The third-order valence-corrected chi connectivity index (χ3v) is 10.7. The van der Waals surface area contributed by atoms with Crippen molar-refractivity contribution in [1.82, 2.24) is 19.5 Å². The molecule has 0 spiro atoms. The highest BCUT2D eigenvalue weighted by molar-refractivity contribution is 7.26. The van der Waals surface area contributed by atoms with E-state index < -0.39 is 142 Å². The van der Waals surface area contributed by atoms with Gasteiger partial charge in [0.25, 0.3) is 0 Å². The van der Waals surface area contributed by atoms with Gasteiger partial charge in [-0.05, 0) is 58.5 Å². The maximum absolute atomic E-state index is 9.72. The fourth-order valence-corrected chi connectivity index (χ4v) is 8.13. The molecule has 4 aromatic heterocycles. The molecule has 4 heterocycles. The maximum Gasteiger partial charge on any atom is 0.238 e. The Balaban J connectivity index is 1.24. The molecule has 0 aliphatic heterocycles. The van der Waals surface area contributed by atoms with Crippen molar-refractivity contribution in [1.29, 1.82) is 0 Å². The third kappa shape index (κ3) is 5.04. The lowest BCUT2D eigenvalue weighted by Crippen LogP contribution is -2.06. The van der Waals surface area contributed by atoms with Crippen LogP contribution >= 0.6 is 11.3 Å². The molecule has 8 aromatic carbocycles. The van der Waals surface area contributed by atoms with Gasteiger partial charge in [-0.2, -0.15) is 9.97 Å². The minimum Gasteiger partial charge on any atom is -0.456 e. The van der Waals surface area contributed by atoms with Crippen LogP contribution in [-0.4, -0.2) is 19.5 Å². The Morgan fingerprint density at radius 2 is 1.21 bits per heavy atom. The van der Waals surface area contributed by atoms with Crippen molar-refractivity contribution in [3.05, 3.63) is 182 Å². The molecule has 0 N–H and O–H groups in total. The minimum atomic E-state index is -0.772. The molecule has 0 aliphatic rings. The van der Waals surface area contributed by atoms with Gasteiger partial charge in [0, 0.05) is 48.1 Å². The minimum absolute atomic E-state index is 0.00884. The lowest BCUT2D eigenvalue weighted by atomic mass is 9.99. The summed E-state index contributed by atoms with van der Waals surface area (Å²) in [5.41, 5.74) is -1.90. The van der Waals surface area contributed by atoms with E-state index in [-0.39, 0.29) is 82.3 Å². The van der Waals surface area contributed by atoms with Gasteiger partial charge in [0.2, 0.25) is 5.95 Å². The van der Waals surface area contributed by atoms with Crippen molar-refractivity contribution in [2.24, 2.45) is 0 Å². The molecular weight excluding hydrogens is 717 g/mol. The van der Waals surface area contributed by atoms with Crippen LogP contribution in [0.2, 0.25) is 0 Å². The molecule has 0 saturated heterocycles. The van der Waals surface area contributed by atoms with Gasteiger partial charge in [0.15, 0.2) is 11.6 Å². The largest absolute Gasteiger partial charge is 0.456 e. The number of para-hydroxylation sites is 1. The van der Waals surface area contributed by atoms with Gasteiger partial charge >= 0.3 is 0 Å². The molecule has 266 valence electrons. The van der Waals surface area contributed by atoms with Crippen molar-refractivity contribution in [2.75, 3.05) is 0 Å². The van der Waals surface area contributed by atoms with E-state index in [2.05, 4.69) is 0 Å². The van der Waals surface area contributed by atoms with Crippen LogP contribution in [0.1, 0.15) is 27.4 Å². The van der Waals surface area contributed by atoms with E-state index in [9.17, 15) is 12.3 Å². The van der Waals surface area contributed by atoms with Crippen LogP contribution in [0.5, 0.6) is 0 Å². The SMILES string of the molecule is [2H]c1c([2H])c([2H])c(-c2c([2H])c([2H])c([2H])c3oc4c([2H])c(-c5nc(-c6ccccc6)nc(-n6c7c([2H])c([2H])c([2H])c([2H])c7c7c([2H])c([2H])c8c(sc9c([2H])c([2H])c(-c%10ccccc%10)c([2H])c98)c76)n5)c([2H])c([2H])c4c23)c([2H])c1[2H]. The Morgan fingerprint density at radius 3 is 2.05 bits per heavy atom. The van der Waals surface area contributed by atoms with Gasteiger partial charge in [0.1, 0.15) is 11.2 Å². The first-order chi connectivity index (χ1) is 36.6. The lowest BCUT2D eigenvalue weighted by Gasteiger charge is -2.11. The average Bonchev–Trinajstić information content (AvgIpc) is 3.87. The highest BCUT2D eigenvalue weighted by atomic mass is 32.1. The summed E-state index contributed by atoms with van der Waals surface area (Å²) in [6, 6.07) is 4.40. The first kappa shape index (κ1) is 18.0. The zero-order valence-electron chi connectivity index (χ0n) is 48.9. The van der Waals surface area contributed by atoms with Crippen molar-refractivity contribution in [3.63, 3.8) is 0 Å². The topological polar surface area (TPSA) is 56.7 Å². The highest BCUT2D eigenvalue weighted by Crippen LogP contribution is 2.44. The molecule has 57 heavy (non-hydrogen) atoms. The molecule has 6 heteroatoms. The van der Waals surface area contributed by atoms with Crippen LogP contribution in [0.3, 0.4) is 0 Å². The molecule has 12 rings (SSSR count). The van der Waals surface area contributed by atoms with E-state index in [0.29, 0.717) is 11.1 Å². The Hall–Kier alpha value is -7.41. The van der Waals surface area contributed by atoms with Crippen LogP contribution in [-0.2, 0) is 0 Å². The fourth-order valence-electron chi connectivity index (χ4n) is 7.02. The summed E-state index contributed by atoms with van der Waals surface area (Å²) in [7, 11) is 0. The Kier molecular flexibility index (Phi) is 3.97. The first-order valence-corrected chi connectivity index (χ1v) is 18.2.